The topological polar surface area (TPSA) is 55.0 Å². The minimum atomic E-state index is -0.717. The van der Waals surface area contributed by atoms with E-state index >= 15 is 0 Å². The number of nitrogens with one attached hydrogen (secondary N) is 1. The summed E-state index contributed by atoms with van der Waals surface area (Å²) in [6.07, 6.45) is 0. The van der Waals surface area contributed by atoms with Gasteiger partial charge >= 0.3 is 0 Å². The van der Waals surface area contributed by atoms with Crippen molar-refractivity contribution < 1.29 is 58.6 Å². The molecule has 0 aliphatic rings. The maximum atomic E-state index is 11.0. The fourth-order valence-electron chi connectivity index (χ4n) is 2.05. The summed E-state index contributed by atoms with van der Waals surface area (Å²) in [7, 11) is 0. The Kier molecular flexibility index (Phi) is 6.46. The molecule has 0 saturated carbocycles. The number of hydrogen-bond acceptors (Lipinski definition) is 1. The Balaban J connectivity index is 0.00000144. The van der Waals surface area contributed by atoms with Gasteiger partial charge in [-0.2, -0.15) is 0 Å². The smallest absolute Gasteiger partial charge is 0.0573 e. The second-order valence-electron chi connectivity index (χ2n) is 4.23. The average molecular weight is 487 g/mol. The zero-order valence-electron chi connectivity index (χ0n) is 10.9. The summed E-state index contributed by atoms with van der Waals surface area (Å²) in [5, 5.41) is 0.996. The molecule has 0 unspecified atom stereocenters. The monoisotopic (exact) mass is 487 g/mol. The molecule has 0 fully saturated rings. The molecule has 1 heterocycles. The minimum Gasteiger partial charge on any atom is -0.665 e. The first kappa shape index (κ1) is 18.0. The number of benzene rings is 1. The van der Waals surface area contributed by atoms with Gasteiger partial charge in [0.15, 0.2) is 0 Å². The molecular formula is C13H14N2OWY-2. The molecule has 2 rings (SSSR count). The number of fused-ring (bicyclic) bond motifs is 1. The number of hydrogen-bond donors (Lipinski definition) is 0. The van der Waals surface area contributed by atoms with Crippen LogP contribution in [0.1, 0.15) is 32.7 Å². The van der Waals surface area contributed by atoms with Crippen LogP contribution in [-0.2, 0) is 53.8 Å². The molecule has 3 nitrogen and oxygen atoms in total. The summed E-state index contributed by atoms with van der Waals surface area (Å²) in [5.41, 5.74) is 12.9. The van der Waals surface area contributed by atoms with Gasteiger partial charge in [-0.05, 0) is 49.8 Å². The number of amides is 1. The van der Waals surface area contributed by atoms with Crippen molar-refractivity contribution >= 4 is 16.8 Å². The second-order valence-corrected chi connectivity index (χ2v) is 4.23. The van der Waals surface area contributed by atoms with Gasteiger partial charge in [0, 0.05) is 53.8 Å². The summed E-state index contributed by atoms with van der Waals surface area (Å²) in [6, 6.07) is 1.72. The van der Waals surface area contributed by atoms with Gasteiger partial charge in [0.05, 0.1) is 5.91 Å². The van der Waals surface area contributed by atoms with Crippen LogP contribution in [0.15, 0.2) is 6.07 Å². The van der Waals surface area contributed by atoms with Crippen LogP contribution >= 0.6 is 0 Å². The Morgan fingerprint density at radius 1 is 1.06 bits per heavy atom. The number of aryl methyl sites for hydroxylation is 2. The van der Waals surface area contributed by atoms with E-state index in [1.807, 2.05) is 13.8 Å². The molecule has 93 valence electrons. The van der Waals surface area contributed by atoms with E-state index in [9.17, 15) is 4.79 Å². The maximum absolute atomic E-state index is 11.0. The second kappa shape index (κ2) is 6.45. The van der Waals surface area contributed by atoms with E-state index in [1.54, 1.807) is 6.07 Å². The van der Waals surface area contributed by atoms with Crippen molar-refractivity contribution in [1.29, 1.82) is 0 Å². The van der Waals surface area contributed by atoms with Crippen molar-refractivity contribution in [1.82, 2.24) is 4.98 Å². The molecule has 1 N–H and O–H groups in total. The third-order valence-corrected chi connectivity index (χ3v) is 3.45. The zero-order valence-corrected chi connectivity index (χ0v) is 16.7. The van der Waals surface area contributed by atoms with E-state index in [1.165, 1.54) is 11.1 Å². The third kappa shape index (κ3) is 2.79. The van der Waals surface area contributed by atoms with Crippen molar-refractivity contribution in [2.24, 2.45) is 0 Å². The summed E-state index contributed by atoms with van der Waals surface area (Å²) >= 11 is 0. The molecule has 1 aromatic heterocycles. The zero-order chi connectivity index (χ0) is 12.0. The van der Waals surface area contributed by atoms with Crippen LogP contribution in [0.4, 0.5) is 0 Å². The van der Waals surface area contributed by atoms with E-state index < -0.39 is 5.91 Å². The standard InChI is InChI=1S/C13H15N2O.W.Y/c1-6-7(2)9(4)12-10(8(6)3)5-11(15-12)13(14)16;;/h5H,1-4H3,(H2-,14,15,16);;/q-1;;/p-1. The quantitative estimate of drug-likeness (QED) is 0.621. The van der Waals surface area contributed by atoms with Crippen LogP contribution in [0, 0.1) is 27.7 Å². The Labute approximate surface area is 146 Å². The Morgan fingerprint density at radius 3 is 2.06 bits per heavy atom. The molecule has 2 aromatic rings. The molecule has 0 spiro atoms. The molecule has 0 bridgehead atoms. The molecule has 18 heavy (non-hydrogen) atoms. The number of carbonyl (C=O) groups is 1. The molecule has 5 heteroatoms. The van der Waals surface area contributed by atoms with Gasteiger partial charge in [-0.25, -0.2) is 0 Å². The fraction of sp³-hybridized carbons (Fsp3) is 0.308. The largest absolute Gasteiger partial charge is 0.665 e. The fourth-order valence-corrected chi connectivity index (χ4v) is 2.05. The van der Waals surface area contributed by atoms with Crippen molar-refractivity contribution in [3.8, 4) is 0 Å². The molecule has 0 aliphatic carbocycles. The summed E-state index contributed by atoms with van der Waals surface area (Å²) in [4.78, 5) is 15.2. The van der Waals surface area contributed by atoms with E-state index in [0.29, 0.717) is 0 Å². The molecule has 1 aromatic carbocycles. The number of nitrogens with zero attached hydrogens (tertiary/aromatic N) is 1. The molecule has 0 atom stereocenters. The van der Waals surface area contributed by atoms with E-state index in [4.69, 9.17) is 5.73 Å². The van der Waals surface area contributed by atoms with Crippen molar-refractivity contribution in [2.75, 3.05) is 0 Å². The van der Waals surface area contributed by atoms with Crippen molar-refractivity contribution in [3.05, 3.63) is 39.7 Å². The third-order valence-electron chi connectivity index (χ3n) is 3.45. The predicted octanol–water partition coefficient (Wildman–Crippen LogP) is 3.22. The Hall–Kier alpha value is 0.0222. The number of carbonyl (C=O) groups excluding carboxylic acids is 1. The molecule has 1 amide bonds. The van der Waals surface area contributed by atoms with E-state index in [0.717, 1.165) is 22.0 Å². The predicted molar refractivity (Wildman–Crippen MR) is 64.9 cm³/mol. The summed E-state index contributed by atoms with van der Waals surface area (Å²) in [6.45, 7) is 8.18. The maximum Gasteiger partial charge on any atom is 0.0573 e. The summed E-state index contributed by atoms with van der Waals surface area (Å²) in [5.74, 6) is -0.717. The van der Waals surface area contributed by atoms with Gasteiger partial charge in [0.25, 0.3) is 0 Å². The number of aromatic nitrogens is 1. The first-order valence-corrected chi connectivity index (χ1v) is 5.23. The first-order valence-electron chi connectivity index (χ1n) is 5.23. The van der Waals surface area contributed by atoms with Gasteiger partial charge in [-0.15, -0.1) is 11.2 Å². The molecular weight excluding hydrogens is 473 g/mol. The molecule has 0 saturated heterocycles. The van der Waals surface area contributed by atoms with Crippen LogP contribution in [0.2, 0.25) is 0 Å². The molecule has 1 radical (unpaired) electrons. The van der Waals surface area contributed by atoms with Crippen LogP contribution in [0.25, 0.3) is 16.6 Å². The average Bonchev–Trinajstić information content (AvgIpc) is 2.68. The van der Waals surface area contributed by atoms with Crippen molar-refractivity contribution in [3.63, 3.8) is 0 Å². The van der Waals surface area contributed by atoms with Crippen LogP contribution < -0.4 is 4.98 Å². The minimum absolute atomic E-state index is 0. The van der Waals surface area contributed by atoms with Gasteiger partial charge in [-0.3, -0.25) is 0 Å². The van der Waals surface area contributed by atoms with Crippen LogP contribution in [0.3, 0.4) is 0 Å². The number of rotatable bonds is 1. The van der Waals surface area contributed by atoms with Gasteiger partial charge in [0.2, 0.25) is 0 Å². The van der Waals surface area contributed by atoms with Crippen LogP contribution in [0.5, 0.6) is 0 Å². The first-order chi connectivity index (χ1) is 7.43. The van der Waals surface area contributed by atoms with Crippen LogP contribution in [-0.4, -0.2) is 5.91 Å². The van der Waals surface area contributed by atoms with Gasteiger partial charge in [0.1, 0.15) is 0 Å². The Morgan fingerprint density at radius 2 is 1.56 bits per heavy atom. The van der Waals surface area contributed by atoms with E-state index in [2.05, 4.69) is 18.8 Å². The van der Waals surface area contributed by atoms with Gasteiger partial charge < -0.3 is 15.5 Å². The normalized spacial score (nSPS) is 9.78. The SMILES string of the molecule is Cc1c(C)c(C)c2[n-]c(C([NH-])=O)cc2c1C.[W].[Y]. The summed E-state index contributed by atoms with van der Waals surface area (Å²) < 4.78 is 0. The van der Waals surface area contributed by atoms with Gasteiger partial charge in [-0.1, -0.05) is 11.6 Å². The van der Waals surface area contributed by atoms with Crippen molar-refractivity contribution in [2.45, 2.75) is 27.7 Å². The molecule has 0 aliphatic heterocycles. The Bertz CT molecular complexity index is 560. The van der Waals surface area contributed by atoms with E-state index in [-0.39, 0.29) is 59.5 Å².